The fraction of sp³-hybridized carbons (Fsp3) is 0.154. The SMILES string of the molecule is Cc1ccc(-c2nnc(NC(=O)c3ccc([C@@H]4SCC(=O)N4Cc4ccc(Cl)cc4)cc3)s2)cc1. The van der Waals surface area contributed by atoms with Gasteiger partial charge in [-0.2, -0.15) is 0 Å². The highest BCUT2D eigenvalue weighted by Crippen LogP contribution is 2.39. The molecule has 5 rings (SSSR count). The minimum absolute atomic E-state index is 0.0948. The maximum atomic E-state index is 12.8. The molecule has 4 aromatic rings. The zero-order valence-electron chi connectivity index (χ0n) is 18.8. The van der Waals surface area contributed by atoms with Gasteiger partial charge in [0.2, 0.25) is 11.0 Å². The number of thioether (sulfide) groups is 1. The van der Waals surface area contributed by atoms with E-state index < -0.39 is 0 Å². The van der Waals surface area contributed by atoms with Crippen LogP contribution in [0.4, 0.5) is 5.13 Å². The van der Waals surface area contributed by atoms with Crippen molar-refractivity contribution >= 4 is 51.6 Å². The van der Waals surface area contributed by atoms with Gasteiger partial charge in [0, 0.05) is 22.7 Å². The molecule has 1 aromatic heterocycles. The molecule has 0 bridgehead atoms. The summed E-state index contributed by atoms with van der Waals surface area (Å²) < 4.78 is 0. The van der Waals surface area contributed by atoms with Gasteiger partial charge in [0.1, 0.15) is 10.4 Å². The van der Waals surface area contributed by atoms with Crippen molar-refractivity contribution in [2.45, 2.75) is 18.8 Å². The number of nitrogens with zero attached hydrogens (tertiary/aromatic N) is 3. The molecule has 176 valence electrons. The van der Waals surface area contributed by atoms with Crippen LogP contribution in [-0.4, -0.2) is 32.7 Å². The monoisotopic (exact) mass is 520 g/mol. The van der Waals surface area contributed by atoms with E-state index in [4.69, 9.17) is 11.6 Å². The first-order valence-electron chi connectivity index (χ1n) is 10.9. The van der Waals surface area contributed by atoms with Gasteiger partial charge in [0.15, 0.2) is 0 Å². The largest absolute Gasteiger partial charge is 0.322 e. The average Bonchev–Trinajstić information content (AvgIpc) is 3.48. The lowest BCUT2D eigenvalue weighted by Crippen LogP contribution is -2.27. The number of rotatable bonds is 6. The van der Waals surface area contributed by atoms with Crippen LogP contribution in [-0.2, 0) is 11.3 Å². The van der Waals surface area contributed by atoms with Crippen molar-refractivity contribution in [3.8, 4) is 10.6 Å². The Morgan fingerprint density at radius 2 is 1.74 bits per heavy atom. The lowest BCUT2D eigenvalue weighted by molar-refractivity contribution is -0.128. The molecule has 1 aliphatic heterocycles. The molecular formula is C26H21ClN4O2S2. The fourth-order valence-corrected chi connectivity index (χ4v) is 5.80. The van der Waals surface area contributed by atoms with E-state index >= 15 is 0 Å². The summed E-state index contributed by atoms with van der Waals surface area (Å²) >= 11 is 8.90. The van der Waals surface area contributed by atoms with Gasteiger partial charge in [-0.25, -0.2) is 0 Å². The number of benzene rings is 3. The normalized spacial score (nSPS) is 15.4. The molecule has 1 N–H and O–H groups in total. The minimum Gasteiger partial charge on any atom is -0.322 e. The first kappa shape index (κ1) is 23.5. The Morgan fingerprint density at radius 1 is 1.03 bits per heavy atom. The highest BCUT2D eigenvalue weighted by Gasteiger charge is 2.32. The summed E-state index contributed by atoms with van der Waals surface area (Å²) in [4.78, 5) is 27.2. The highest BCUT2D eigenvalue weighted by molar-refractivity contribution is 8.00. The van der Waals surface area contributed by atoms with E-state index in [-0.39, 0.29) is 17.2 Å². The number of amides is 2. The van der Waals surface area contributed by atoms with E-state index in [1.54, 1.807) is 23.9 Å². The second-order valence-electron chi connectivity index (χ2n) is 8.17. The molecule has 9 heteroatoms. The molecule has 1 saturated heterocycles. The highest BCUT2D eigenvalue weighted by atomic mass is 35.5. The molecule has 1 fully saturated rings. The molecular weight excluding hydrogens is 500 g/mol. The zero-order valence-corrected chi connectivity index (χ0v) is 21.2. The van der Waals surface area contributed by atoms with Crippen molar-refractivity contribution in [1.82, 2.24) is 15.1 Å². The van der Waals surface area contributed by atoms with Crippen molar-refractivity contribution in [3.63, 3.8) is 0 Å². The third-order valence-corrected chi connectivity index (χ3v) is 8.03. The number of aromatic nitrogens is 2. The molecule has 3 aromatic carbocycles. The number of anilines is 1. The number of nitrogens with one attached hydrogen (secondary N) is 1. The van der Waals surface area contributed by atoms with Crippen LogP contribution in [0.5, 0.6) is 0 Å². The summed E-state index contributed by atoms with van der Waals surface area (Å²) in [6, 6.07) is 22.9. The summed E-state index contributed by atoms with van der Waals surface area (Å²) in [5, 5.41) is 12.9. The van der Waals surface area contributed by atoms with Gasteiger partial charge in [-0.05, 0) is 42.3 Å². The summed E-state index contributed by atoms with van der Waals surface area (Å²) in [5.74, 6) is 0.273. The second kappa shape index (κ2) is 10.2. The van der Waals surface area contributed by atoms with Crippen molar-refractivity contribution < 1.29 is 9.59 Å². The van der Waals surface area contributed by atoms with Crippen LogP contribution in [0.15, 0.2) is 72.8 Å². The molecule has 1 aliphatic rings. The third-order valence-electron chi connectivity index (χ3n) is 5.64. The third kappa shape index (κ3) is 5.40. The van der Waals surface area contributed by atoms with Gasteiger partial charge in [-0.3, -0.25) is 14.9 Å². The topological polar surface area (TPSA) is 75.2 Å². The lowest BCUT2D eigenvalue weighted by atomic mass is 10.1. The van der Waals surface area contributed by atoms with Crippen LogP contribution >= 0.6 is 34.7 Å². The van der Waals surface area contributed by atoms with Gasteiger partial charge >= 0.3 is 0 Å². The molecule has 35 heavy (non-hydrogen) atoms. The molecule has 6 nitrogen and oxygen atoms in total. The first-order valence-corrected chi connectivity index (χ1v) is 13.2. The Kier molecular flexibility index (Phi) is 6.86. The summed E-state index contributed by atoms with van der Waals surface area (Å²) in [5.41, 5.74) is 4.64. The Labute approximate surface area is 216 Å². The lowest BCUT2D eigenvalue weighted by Gasteiger charge is -2.24. The van der Waals surface area contributed by atoms with Gasteiger partial charge in [-0.1, -0.05) is 77.0 Å². The maximum absolute atomic E-state index is 12.8. The van der Waals surface area contributed by atoms with Crippen molar-refractivity contribution in [2.24, 2.45) is 0 Å². The second-order valence-corrected chi connectivity index (χ2v) is 10.6. The Hall–Kier alpha value is -3.20. The quantitative estimate of drug-likeness (QED) is 0.328. The molecule has 1 atom stereocenters. The van der Waals surface area contributed by atoms with E-state index in [0.29, 0.717) is 28.0 Å². The van der Waals surface area contributed by atoms with E-state index in [0.717, 1.165) is 21.7 Å². The predicted octanol–water partition coefficient (Wildman–Crippen LogP) is 6.19. The number of hydrogen-bond donors (Lipinski definition) is 1. The van der Waals surface area contributed by atoms with E-state index in [2.05, 4.69) is 15.5 Å². The molecule has 2 amide bonds. The smallest absolute Gasteiger partial charge is 0.257 e. The Balaban J connectivity index is 1.26. The van der Waals surface area contributed by atoms with Crippen molar-refractivity contribution in [3.05, 3.63) is 100 Å². The maximum Gasteiger partial charge on any atom is 0.257 e. The standard InChI is InChI=1S/C26H21ClN4O2S2/c1-16-2-6-19(7-3-16)24-29-30-26(35-24)28-23(33)18-8-10-20(11-9-18)25-31(22(32)15-34-25)14-17-4-12-21(27)13-5-17/h2-13,25H,14-15H2,1H3,(H,28,30,33)/t25-/m0/s1. The van der Waals surface area contributed by atoms with E-state index in [9.17, 15) is 9.59 Å². The average molecular weight is 521 g/mol. The molecule has 0 unspecified atom stereocenters. The van der Waals surface area contributed by atoms with Crippen LogP contribution in [0.25, 0.3) is 10.6 Å². The van der Waals surface area contributed by atoms with Crippen LogP contribution in [0.3, 0.4) is 0 Å². The summed E-state index contributed by atoms with van der Waals surface area (Å²) in [7, 11) is 0. The minimum atomic E-state index is -0.253. The fourth-order valence-electron chi connectivity index (χ4n) is 3.74. The van der Waals surface area contributed by atoms with E-state index in [1.807, 2.05) is 72.5 Å². The van der Waals surface area contributed by atoms with Gasteiger partial charge in [-0.15, -0.1) is 22.0 Å². The molecule has 2 heterocycles. The number of hydrogen-bond acceptors (Lipinski definition) is 6. The van der Waals surface area contributed by atoms with Crippen LogP contribution in [0.1, 0.15) is 32.4 Å². The van der Waals surface area contributed by atoms with Crippen molar-refractivity contribution in [1.29, 1.82) is 0 Å². The van der Waals surface area contributed by atoms with Crippen molar-refractivity contribution in [2.75, 3.05) is 11.1 Å². The summed E-state index contributed by atoms with van der Waals surface area (Å²) in [6.07, 6.45) is 0. The van der Waals surface area contributed by atoms with Crippen LogP contribution < -0.4 is 5.32 Å². The number of halogens is 1. The molecule has 0 saturated carbocycles. The first-order chi connectivity index (χ1) is 17.0. The Morgan fingerprint density at radius 3 is 2.46 bits per heavy atom. The van der Waals surface area contributed by atoms with Crippen LogP contribution in [0, 0.1) is 6.92 Å². The van der Waals surface area contributed by atoms with Gasteiger partial charge in [0.05, 0.1) is 5.75 Å². The van der Waals surface area contributed by atoms with Gasteiger partial charge < -0.3 is 4.90 Å². The molecule has 0 aliphatic carbocycles. The molecule has 0 radical (unpaired) electrons. The molecule has 0 spiro atoms. The Bertz CT molecular complexity index is 1360. The van der Waals surface area contributed by atoms with Gasteiger partial charge in [0.25, 0.3) is 5.91 Å². The number of aryl methyl sites for hydroxylation is 1. The van der Waals surface area contributed by atoms with E-state index in [1.165, 1.54) is 16.9 Å². The predicted molar refractivity (Wildman–Crippen MR) is 142 cm³/mol. The zero-order chi connectivity index (χ0) is 24.4. The van der Waals surface area contributed by atoms with Crippen LogP contribution in [0.2, 0.25) is 5.02 Å². The summed E-state index contributed by atoms with van der Waals surface area (Å²) in [6.45, 7) is 2.54. The number of carbonyl (C=O) groups excluding carboxylic acids is 2. The number of carbonyl (C=O) groups is 2.